The molecule has 0 aliphatic carbocycles. The van der Waals surface area contributed by atoms with Crippen molar-refractivity contribution in [3.8, 4) is 11.1 Å². The highest BCUT2D eigenvalue weighted by Gasteiger charge is 2.42. The largest absolute Gasteiger partial charge is 0.311 e. The second kappa shape index (κ2) is 6.81. The van der Waals surface area contributed by atoms with Gasteiger partial charge in [-0.2, -0.15) is 0 Å². The lowest BCUT2D eigenvalue weighted by Gasteiger charge is -2.36. The summed E-state index contributed by atoms with van der Waals surface area (Å²) in [5, 5.41) is 7.98. The number of benzene rings is 7. The molecule has 0 radical (unpaired) electrons. The normalized spacial score (nSPS) is 13.4. The molecule has 2 aliphatic heterocycles. The smallest absolute Gasteiger partial charge is 0.248 e. The third-order valence-electron chi connectivity index (χ3n) is 8.62. The molecule has 7 aromatic carbocycles. The zero-order valence-electron chi connectivity index (χ0n) is 20.5. The fourth-order valence-electron chi connectivity index (χ4n) is 7.24. The lowest BCUT2D eigenvalue weighted by Crippen LogP contribution is -2.54. The molecule has 170 valence electrons. The van der Waals surface area contributed by atoms with E-state index in [1.165, 1.54) is 82.5 Å². The summed E-state index contributed by atoms with van der Waals surface area (Å²) in [5.74, 6) is 0. The Morgan fingerprint density at radius 3 is 2.08 bits per heavy atom. The predicted molar refractivity (Wildman–Crippen MR) is 160 cm³/mol. The maximum absolute atomic E-state index is 2.52. The highest BCUT2D eigenvalue weighted by molar-refractivity contribution is 7.01. The summed E-state index contributed by atoms with van der Waals surface area (Å²) in [6.45, 7) is 2.47. The SMILES string of the molecule is Cc1cc2ccc3ccc(N4c5ccccc5B5c6ccccc6-c6cccc4c65)c4ccc(c1)c2c34. The van der Waals surface area contributed by atoms with E-state index in [-0.39, 0.29) is 6.71 Å². The van der Waals surface area contributed by atoms with E-state index in [2.05, 4.69) is 127 Å². The van der Waals surface area contributed by atoms with E-state index < -0.39 is 0 Å². The molecule has 0 unspecified atom stereocenters. The lowest BCUT2D eigenvalue weighted by atomic mass is 9.37. The summed E-state index contributed by atoms with van der Waals surface area (Å²) in [5.41, 5.74) is 12.1. The first-order valence-corrected chi connectivity index (χ1v) is 13.1. The van der Waals surface area contributed by atoms with Crippen LogP contribution in [0.4, 0.5) is 17.1 Å². The number of hydrogen-bond donors (Lipinski definition) is 0. The number of hydrogen-bond acceptors (Lipinski definition) is 1. The Labute approximate surface area is 216 Å². The van der Waals surface area contributed by atoms with Crippen molar-refractivity contribution in [2.45, 2.75) is 6.92 Å². The molecule has 0 N–H and O–H groups in total. The molecular formula is C35H22BN. The minimum atomic E-state index is 0.276. The van der Waals surface area contributed by atoms with Gasteiger partial charge in [0.25, 0.3) is 0 Å². The first-order chi connectivity index (χ1) is 18.3. The van der Waals surface area contributed by atoms with Crippen LogP contribution in [0.3, 0.4) is 0 Å². The van der Waals surface area contributed by atoms with Crippen molar-refractivity contribution < 1.29 is 0 Å². The van der Waals surface area contributed by atoms with Crippen LogP contribution in [0.15, 0.2) is 115 Å². The van der Waals surface area contributed by atoms with Gasteiger partial charge in [-0.05, 0) is 79.7 Å². The average Bonchev–Trinajstić information content (AvgIpc) is 3.28. The van der Waals surface area contributed by atoms with Gasteiger partial charge in [0.15, 0.2) is 0 Å². The van der Waals surface area contributed by atoms with Gasteiger partial charge >= 0.3 is 0 Å². The van der Waals surface area contributed by atoms with Crippen molar-refractivity contribution in [3.63, 3.8) is 0 Å². The van der Waals surface area contributed by atoms with Gasteiger partial charge < -0.3 is 4.90 Å². The molecule has 2 aliphatic rings. The van der Waals surface area contributed by atoms with E-state index >= 15 is 0 Å². The minimum absolute atomic E-state index is 0.276. The quantitative estimate of drug-likeness (QED) is 0.183. The molecule has 37 heavy (non-hydrogen) atoms. The molecule has 0 atom stereocenters. The number of nitrogens with zero attached hydrogens (tertiary/aromatic N) is 1. The molecule has 0 spiro atoms. The zero-order chi connectivity index (χ0) is 24.2. The van der Waals surface area contributed by atoms with Crippen molar-refractivity contribution in [1.29, 1.82) is 0 Å². The Morgan fingerprint density at radius 1 is 0.514 bits per heavy atom. The molecule has 0 aromatic heterocycles. The van der Waals surface area contributed by atoms with E-state index in [0.717, 1.165) is 0 Å². The third kappa shape index (κ3) is 2.41. The second-order valence-corrected chi connectivity index (χ2v) is 10.6. The van der Waals surface area contributed by atoms with E-state index in [0.29, 0.717) is 0 Å². The van der Waals surface area contributed by atoms with E-state index in [9.17, 15) is 0 Å². The summed E-state index contributed by atoms with van der Waals surface area (Å²) in [6, 6.07) is 43.3. The number of para-hydroxylation sites is 1. The van der Waals surface area contributed by atoms with Crippen LogP contribution in [0.5, 0.6) is 0 Å². The van der Waals surface area contributed by atoms with E-state index in [1.54, 1.807) is 0 Å². The molecule has 9 rings (SSSR count). The maximum Gasteiger partial charge on any atom is 0.248 e. The highest BCUT2D eigenvalue weighted by Crippen LogP contribution is 2.45. The average molecular weight is 467 g/mol. The van der Waals surface area contributed by atoms with Gasteiger partial charge in [0.05, 0.1) is 5.69 Å². The molecule has 1 nitrogen and oxygen atoms in total. The van der Waals surface area contributed by atoms with Crippen molar-refractivity contribution >= 4 is 72.5 Å². The summed E-state index contributed by atoms with van der Waals surface area (Å²) >= 11 is 0. The number of anilines is 3. The Morgan fingerprint density at radius 2 is 1.19 bits per heavy atom. The maximum atomic E-state index is 2.52. The molecule has 2 heteroatoms. The Kier molecular flexibility index (Phi) is 3.61. The van der Waals surface area contributed by atoms with Crippen LogP contribution in [0.2, 0.25) is 0 Å². The number of aryl methyl sites for hydroxylation is 1. The van der Waals surface area contributed by atoms with Gasteiger partial charge in [-0.15, -0.1) is 0 Å². The molecule has 0 bridgehead atoms. The summed E-state index contributed by atoms with van der Waals surface area (Å²) in [6.07, 6.45) is 0. The van der Waals surface area contributed by atoms with Crippen molar-refractivity contribution in [2.75, 3.05) is 4.90 Å². The molecule has 0 saturated heterocycles. The van der Waals surface area contributed by atoms with Crippen molar-refractivity contribution in [2.24, 2.45) is 0 Å². The molecule has 0 amide bonds. The monoisotopic (exact) mass is 467 g/mol. The van der Waals surface area contributed by atoms with Crippen LogP contribution in [0.25, 0.3) is 43.4 Å². The van der Waals surface area contributed by atoms with Crippen molar-refractivity contribution in [1.82, 2.24) is 0 Å². The van der Waals surface area contributed by atoms with Crippen LogP contribution in [-0.4, -0.2) is 6.71 Å². The number of fused-ring (bicyclic) bond motifs is 5. The third-order valence-corrected chi connectivity index (χ3v) is 8.62. The second-order valence-electron chi connectivity index (χ2n) is 10.6. The van der Waals surface area contributed by atoms with Crippen molar-refractivity contribution in [3.05, 3.63) is 121 Å². The van der Waals surface area contributed by atoms with Gasteiger partial charge in [-0.25, -0.2) is 0 Å². The zero-order valence-corrected chi connectivity index (χ0v) is 20.5. The fourth-order valence-corrected chi connectivity index (χ4v) is 7.24. The predicted octanol–water partition coefficient (Wildman–Crippen LogP) is 7.17. The van der Waals surface area contributed by atoms with Crippen LogP contribution in [0.1, 0.15) is 5.56 Å². The fraction of sp³-hybridized carbons (Fsp3) is 0.0286. The Hall–Kier alpha value is -4.56. The van der Waals surface area contributed by atoms with Crippen LogP contribution in [-0.2, 0) is 0 Å². The molecule has 2 heterocycles. The Balaban J connectivity index is 1.41. The van der Waals surface area contributed by atoms with Crippen LogP contribution >= 0.6 is 0 Å². The summed E-state index contributed by atoms with van der Waals surface area (Å²) in [7, 11) is 0. The topological polar surface area (TPSA) is 3.24 Å². The van der Waals surface area contributed by atoms with Gasteiger partial charge in [0.1, 0.15) is 0 Å². The summed E-state index contributed by atoms with van der Waals surface area (Å²) < 4.78 is 0. The van der Waals surface area contributed by atoms with Gasteiger partial charge in [0.2, 0.25) is 6.71 Å². The first kappa shape index (κ1) is 19.6. The minimum Gasteiger partial charge on any atom is -0.311 e. The first-order valence-electron chi connectivity index (χ1n) is 13.1. The lowest BCUT2D eigenvalue weighted by molar-refractivity contribution is 1.31. The van der Waals surface area contributed by atoms with E-state index in [1.807, 2.05) is 0 Å². The number of rotatable bonds is 1. The Bertz CT molecular complexity index is 2050. The highest BCUT2D eigenvalue weighted by atomic mass is 15.2. The van der Waals surface area contributed by atoms with Gasteiger partial charge in [-0.1, -0.05) is 103 Å². The van der Waals surface area contributed by atoms with Crippen LogP contribution < -0.4 is 21.3 Å². The van der Waals surface area contributed by atoms with Gasteiger partial charge in [-0.3, -0.25) is 0 Å². The summed E-state index contributed by atoms with van der Waals surface area (Å²) in [4.78, 5) is 2.52. The van der Waals surface area contributed by atoms with Gasteiger partial charge in [0, 0.05) is 16.8 Å². The standard InChI is InChI=1S/C35H22BN/c1-21-19-23-14-13-22-16-18-30(27-17-15-24(20-21)33(23)34(22)27)37-31-11-5-4-10-29(31)36-28-9-3-2-7-25(28)26-8-6-12-32(37)35(26)36/h2-20H,1H3. The molecule has 7 aromatic rings. The molecule has 0 saturated carbocycles. The van der Waals surface area contributed by atoms with Crippen LogP contribution in [0, 0.1) is 6.92 Å². The molecule has 0 fully saturated rings. The van der Waals surface area contributed by atoms with E-state index in [4.69, 9.17) is 0 Å². The molecular weight excluding hydrogens is 445 g/mol.